The summed E-state index contributed by atoms with van der Waals surface area (Å²) in [6.45, 7) is 9.25. The Hall–Kier alpha value is 0.0787. The summed E-state index contributed by atoms with van der Waals surface area (Å²) in [5.41, 5.74) is 1.44. The minimum absolute atomic E-state index is 1.34. The Labute approximate surface area is 124 Å². The molecule has 0 bridgehead atoms. The molecule has 0 amide bonds. The van der Waals surface area contributed by atoms with Gasteiger partial charge in [0.05, 0.1) is 0 Å². The fourth-order valence-corrected chi connectivity index (χ4v) is 20.0. The molecule has 1 aromatic heterocycles. The van der Waals surface area contributed by atoms with Crippen LogP contribution in [-0.2, 0) is 0 Å². The van der Waals surface area contributed by atoms with Gasteiger partial charge in [-0.2, -0.15) is 0 Å². The number of rotatable bonds is 10. The van der Waals surface area contributed by atoms with Crippen molar-refractivity contribution in [1.29, 1.82) is 0 Å². The molecule has 1 rings (SSSR count). The van der Waals surface area contributed by atoms with E-state index in [1.54, 1.807) is 3.58 Å². The molecule has 0 saturated carbocycles. The standard InChI is InChI=1S/C5H5O.3C4H9.Sn/c1-5-2-3-6-4-5;3*1-3-4-2;/h3-4H,1H3;3*1,3-4H2,2H3;. The molecule has 0 radical (unpaired) electrons. The van der Waals surface area contributed by atoms with E-state index in [1.807, 2.05) is 6.26 Å². The second-order valence-corrected chi connectivity index (χ2v) is 19.2. The maximum absolute atomic E-state index is 5.54. The van der Waals surface area contributed by atoms with Crippen LogP contribution in [0.15, 0.2) is 16.9 Å². The summed E-state index contributed by atoms with van der Waals surface area (Å²) < 4.78 is 11.8. The third-order valence-corrected chi connectivity index (χ3v) is 20.4. The Kier molecular flexibility index (Phi) is 8.20. The molecule has 0 aliphatic carbocycles. The van der Waals surface area contributed by atoms with Crippen molar-refractivity contribution in [2.24, 2.45) is 0 Å². The molecule has 0 unspecified atom stereocenters. The third-order valence-electron chi connectivity index (χ3n) is 4.45. The van der Waals surface area contributed by atoms with E-state index in [2.05, 4.69) is 34.0 Å². The summed E-state index contributed by atoms with van der Waals surface area (Å²) >= 11 is -2.19. The molecule has 19 heavy (non-hydrogen) atoms. The Morgan fingerprint density at radius 2 is 1.32 bits per heavy atom. The van der Waals surface area contributed by atoms with Gasteiger partial charge < -0.3 is 0 Å². The third kappa shape index (κ3) is 4.84. The molecule has 2 heteroatoms. The normalized spacial score (nSPS) is 12.0. The van der Waals surface area contributed by atoms with E-state index in [0.29, 0.717) is 0 Å². The van der Waals surface area contributed by atoms with E-state index in [1.165, 1.54) is 57.4 Å². The quantitative estimate of drug-likeness (QED) is 0.485. The van der Waals surface area contributed by atoms with Crippen LogP contribution in [0.25, 0.3) is 0 Å². The summed E-state index contributed by atoms with van der Waals surface area (Å²) in [4.78, 5) is 0. The van der Waals surface area contributed by atoms with Crippen molar-refractivity contribution >= 4 is 22.0 Å². The van der Waals surface area contributed by atoms with Gasteiger partial charge in [-0.1, -0.05) is 0 Å². The van der Waals surface area contributed by atoms with Crippen molar-refractivity contribution in [3.63, 3.8) is 0 Å². The number of hydrogen-bond donors (Lipinski definition) is 0. The first kappa shape index (κ1) is 17.1. The molecule has 1 heterocycles. The molecule has 1 nitrogen and oxygen atoms in total. The van der Waals surface area contributed by atoms with E-state index < -0.39 is 18.4 Å². The first-order valence-corrected chi connectivity index (χ1v) is 15.7. The minimum atomic E-state index is -2.19. The Morgan fingerprint density at radius 1 is 0.842 bits per heavy atom. The van der Waals surface area contributed by atoms with Crippen molar-refractivity contribution < 1.29 is 4.42 Å². The topological polar surface area (TPSA) is 13.1 Å². The monoisotopic (exact) mass is 372 g/mol. The Balaban J connectivity index is 2.97. The van der Waals surface area contributed by atoms with Gasteiger partial charge >= 0.3 is 124 Å². The summed E-state index contributed by atoms with van der Waals surface area (Å²) in [6, 6.07) is 0. The van der Waals surface area contributed by atoms with E-state index >= 15 is 0 Å². The first-order chi connectivity index (χ1) is 9.20. The van der Waals surface area contributed by atoms with Crippen molar-refractivity contribution in [2.45, 2.75) is 79.5 Å². The van der Waals surface area contributed by atoms with Crippen LogP contribution >= 0.6 is 0 Å². The van der Waals surface area contributed by atoms with Gasteiger partial charge in [-0.05, 0) is 0 Å². The number of unbranched alkanes of at least 4 members (excludes halogenated alkanes) is 3. The summed E-state index contributed by atoms with van der Waals surface area (Å²) in [7, 11) is 0. The average Bonchev–Trinajstić information content (AvgIpc) is 2.85. The van der Waals surface area contributed by atoms with Gasteiger partial charge in [0.15, 0.2) is 0 Å². The number of hydrogen-bond acceptors (Lipinski definition) is 1. The molecule has 0 N–H and O–H groups in total. The summed E-state index contributed by atoms with van der Waals surface area (Å²) in [6.07, 6.45) is 12.4. The second-order valence-electron chi connectivity index (χ2n) is 6.06. The Bertz CT molecular complexity index is 321. The predicted molar refractivity (Wildman–Crippen MR) is 88.0 cm³/mol. The van der Waals surface area contributed by atoms with Gasteiger partial charge in [0.25, 0.3) is 0 Å². The van der Waals surface area contributed by atoms with E-state index in [-0.39, 0.29) is 0 Å². The predicted octanol–water partition coefficient (Wildman–Crippen LogP) is 5.64. The van der Waals surface area contributed by atoms with Crippen LogP contribution in [0.2, 0.25) is 13.3 Å². The molecular formula is C17H32OSn. The van der Waals surface area contributed by atoms with Gasteiger partial charge in [-0.25, -0.2) is 0 Å². The van der Waals surface area contributed by atoms with Crippen molar-refractivity contribution in [3.8, 4) is 0 Å². The van der Waals surface area contributed by atoms with Gasteiger partial charge in [0.2, 0.25) is 0 Å². The van der Waals surface area contributed by atoms with Crippen LogP contribution in [0.4, 0.5) is 0 Å². The van der Waals surface area contributed by atoms with Gasteiger partial charge in [0, 0.05) is 0 Å². The fraction of sp³-hybridized carbons (Fsp3) is 0.765. The molecule has 0 fully saturated rings. The molecule has 0 aromatic carbocycles. The van der Waals surface area contributed by atoms with Crippen LogP contribution in [-0.4, -0.2) is 18.4 Å². The second kappa shape index (κ2) is 9.10. The number of aryl methyl sites for hydroxylation is 1. The maximum atomic E-state index is 5.54. The average molecular weight is 371 g/mol. The van der Waals surface area contributed by atoms with Crippen molar-refractivity contribution in [2.75, 3.05) is 0 Å². The SMILES string of the molecule is CCC[CH2][Sn]([CH2]CCC)([CH2]CCC)[c]1cocc1C. The van der Waals surface area contributed by atoms with E-state index in [9.17, 15) is 0 Å². The van der Waals surface area contributed by atoms with Crippen molar-refractivity contribution in [1.82, 2.24) is 0 Å². The molecule has 0 saturated heterocycles. The number of furan rings is 1. The molecule has 0 aliphatic rings. The molecule has 0 atom stereocenters. The molecule has 0 aliphatic heterocycles. The van der Waals surface area contributed by atoms with Crippen LogP contribution in [0, 0.1) is 6.92 Å². The van der Waals surface area contributed by atoms with Crippen LogP contribution in [0.3, 0.4) is 0 Å². The molecular weight excluding hydrogens is 339 g/mol. The van der Waals surface area contributed by atoms with Gasteiger partial charge in [0.1, 0.15) is 0 Å². The zero-order valence-corrected chi connectivity index (χ0v) is 16.3. The molecule has 110 valence electrons. The van der Waals surface area contributed by atoms with E-state index in [4.69, 9.17) is 4.42 Å². The zero-order chi connectivity index (χ0) is 14.1. The van der Waals surface area contributed by atoms with Crippen molar-refractivity contribution in [3.05, 3.63) is 18.1 Å². The fourth-order valence-electron chi connectivity index (χ4n) is 3.23. The summed E-state index contributed by atoms with van der Waals surface area (Å²) in [5.74, 6) is 0. The van der Waals surface area contributed by atoms with Gasteiger partial charge in [-0.3, -0.25) is 0 Å². The first-order valence-electron chi connectivity index (χ1n) is 8.23. The van der Waals surface area contributed by atoms with Crippen LogP contribution in [0.5, 0.6) is 0 Å². The van der Waals surface area contributed by atoms with Crippen LogP contribution < -0.4 is 3.58 Å². The molecule has 0 spiro atoms. The Morgan fingerprint density at radius 3 is 1.63 bits per heavy atom. The van der Waals surface area contributed by atoms with Crippen LogP contribution in [0.1, 0.15) is 64.9 Å². The summed E-state index contributed by atoms with van der Waals surface area (Å²) in [5, 5.41) is 0. The zero-order valence-electron chi connectivity index (χ0n) is 13.4. The van der Waals surface area contributed by atoms with Gasteiger partial charge in [-0.15, -0.1) is 0 Å². The molecule has 1 aromatic rings. The van der Waals surface area contributed by atoms with E-state index in [0.717, 1.165) is 0 Å².